The number of hydroxylamine groups is 1. The quantitative estimate of drug-likeness (QED) is 0.597. The predicted molar refractivity (Wildman–Crippen MR) is 69.7 cm³/mol. The summed E-state index contributed by atoms with van der Waals surface area (Å²) in [7, 11) is 0. The Morgan fingerprint density at radius 2 is 1.94 bits per heavy atom. The Bertz CT molecular complexity index is 351. The van der Waals surface area contributed by atoms with Crippen molar-refractivity contribution in [2.24, 2.45) is 5.92 Å². The van der Waals surface area contributed by atoms with E-state index in [1.54, 1.807) is 6.92 Å². The smallest absolute Gasteiger partial charge is 0.330 e. The van der Waals surface area contributed by atoms with Crippen molar-refractivity contribution in [3.63, 3.8) is 0 Å². The van der Waals surface area contributed by atoms with Crippen LogP contribution in [0.2, 0.25) is 0 Å². The van der Waals surface area contributed by atoms with Crippen LogP contribution in [0, 0.1) is 5.92 Å². The van der Waals surface area contributed by atoms with Crippen LogP contribution in [0.5, 0.6) is 0 Å². The maximum atomic E-state index is 11.9. The van der Waals surface area contributed by atoms with E-state index < -0.39 is 6.04 Å². The second-order valence-corrected chi connectivity index (χ2v) is 4.42. The number of carbonyl (C=O) groups is 1. The maximum Gasteiger partial charge on any atom is 0.330 e. The molecule has 0 radical (unpaired) electrons. The molecular formula is C14H21NO3. The molecule has 0 saturated heterocycles. The van der Waals surface area contributed by atoms with Gasteiger partial charge in [0.05, 0.1) is 13.2 Å². The highest BCUT2D eigenvalue weighted by Crippen LogP contribution is 2.14. The molecule has 4 nitrogen and oxygen atoms in total. The van der Waals surface area contributed by atoms with Gasteiger partial charge in [-0.15, -0.1) is 0 Å². The van der Waals surface area contributed by atoms with E-state index in [-0.39, 0.29) is 5.97 Å². The van der Waals surface area contributed by atoms with E-state index in [4.69, 9.17) is 9.57 Å². The molecule has 1 rings (SSSR count). The van der Waals surface area contributed by atoms with Crippen LogP contribution in [-0.4, -0.2) is 19.2 Å². The molecule has 0 bridgehead atoms. The van der Waals surface area contributed by atoms with Gasteiger partial charge in [0, 0.05) is 0 Å². The predicted octanol–water partition coefficient (Wildman–Crippen LogP) is 2.47. The number of nitrogens with one attached hydrogen (secondary N) is 1. The summed E-state index contributed by atoms with van der Waals surface area (Å²) in [5.74, 6) is 0.0728. The normalized spacial score (nSPS) is 12.4. The summed E-state index contributed by atoms with van der Waals surface area (Å²) >= 11 is 0. The molecule has 0 heterocycles. The Morgan fingerprint density at radius 3 is 2.50 bits per heavy atom. The first-order valence-corrected chi connectivity index (χ1v) is 6.24. The molecule has 1 aromatic rings. The van der Waals surface area contributed by atoms with Gasteiger partial charge < -0.3 is 9.57 Å². The average Bonchev–Trinajstić information content (AvgIpc) is 2.35. The molecule has 0 aromatic heterocycles. The highest BCUT2D eigenvalue weighted by Gasteiger charge is 2.21. The van der Waals surface area contributed by atoms with Gasteiger partial charge in [0.25, 0.3) is 0 Å². The molecule has 0 fully saturated rings. The van der Waals surface area contributed by atoms with Crippen LogP contribution in [0.15, 0.2) is 30.3 Å². The lowest BCUT2D eigenvalue weighted by Gasteiger charge is -2.18. The van der Waals surface area contributed by atoms with Gasteiger partial charge in [0.2, 0.25) is 0 Å². The van der Waals surface area contributed by atoms with E-state index in [0.717, 1.165) is 5.56 Å². The highest BCUT2D eigenvalue weighted by atomic mass is 16.6. The Labute approximate surface area is 108 Å². The molecule has 18 heavy (non-hydrogen) atoms. The minimum absolute atomic E-state index is 0.326. The van der Waals surface area contributed by atoms with Gasteiger partial charge >= 0.3 is 5.97 Å². The zero-order valence-corrected chi connectivity index (χ0v) is 11.2. The molecule has 1 atom stereocenters. The van der Waals surface area contributed by atoms with Gasteiger partial charge in [-0.25, -0.2) is 4.79 Å². The minimum Gasteiger partial charge on any atom is -0.465 e. The van der Waals surface area contributed by atoms with Crippen LogP contribution in [0.3, 0.4) is 0 Å². The molecule has 0 aliphatic carbocycles. The van der Waals surface area contributed by atoms with Gasteiger partial charge in [0.1, 0.15) is 0 Å². The van der Waals surface area contributed by atoms with Crippen molar-refractivity contribution in [2.45, 2.75) is 26.8 Å². The highest BCUT2D eigenvalue weighted by molar-refractivity contribution is 5.77. The Hall–Kier alpha value is -1.39. The van der Waals surface area contributed by atoms with Crippen LogP contribution in [-0.2, 0) is 14.4 Å². The van der Waals surface area contributed by atoms with Crippen molar-refractivity contribution in [1.29, 1.82) is 0 Å². The molecule has 1 aromatic carbocycles. The lowest BCUT2D eigenvalue weighted by atomic mass is 10.1. The van der Waals surface area contributed by atoms with Crippen LogP contribution in [0.1, 0.15) is 32.4 Å². The van der Waals surface area contributed by atoms with E-state index in [9.17, 15) is 4.79 Å². The molecule has 4 heteroatoms. The zero-order valence-electron chi connectivity index (χ0n) is 11.2. The third-order valence-electron chi connectivity index (χ3n) is 2.27. The number of esters is 1. The number of hydrogen-bond donors (Lipinski definition) is 1. The number of rotatable bonds is 7. The summed E-state index contributed by atoms with van der Waals surface area (Å²) in [5.41, 5.74) is 3.61. The summed E-state index contributed by atoms with van der Waals surface area (Å²) < 4.78 is 5.03. The molecule has 0 aliphatic heterocycles. The van der Waals surface area contributed by atoms with E-state index in [0.29, 0.717) is 19.1 Å². The van der Waals surface area contributed by atoms with Crippen molar-refractivity contribution in [3.8, 4) is 0 Å². The molecular weight excluding hydrogens is 230 g/mol. The van der Waals surface area contributed by atoms with E-state index in [1.165, 1.54) is 0 Å². The molecule has 0 amide bonds. The van der Waals surface area contributed by atoms with E-state index >= 15 is 0 Å². The van der Waals surface area contributed by atoms with Gasteiger partial charge in [0.15, 0.2) is 6.04 Å². The van der Waals surface area contributed by atoms with Crippen LogP contribution in [0.4, 0.5) is 0 Å². The second kappa shape index (κ2) is 7.84. The van der Waals surface area contributed by atoms with Crippen molar-refractivity contribution < 1.29 is 14.4 Å². The van der Waals surface area contributed by atoms with E-state index in [2.05, 4.69) is 5.48 Å². The maximum absolute atomic E-state index is 11.9. The first-order chi connectivity index (χ1) is 8.65. The standard InChI is InChI=1S/C14H21NO3/c1-4-17-14(16)13(15-18-10-11(2)3)12-8-6-5-7-9-12/h5-9,11,13,15H,4,10H2,1-3H3. The summed E-state index contributed by atoms with van der Waals surface area (Å²) in [6, 6.07) is 8.82. The molecule has 1 N–H and O–H groups in total. The molecule has 0 aliphatic rings. The van der Waals surface area contributed by atoms with Crippen molar-refractivity contribution >= 4 is 5.97 Å². The fourth-order valence-electron chi connectivity index (χ4n) is 1.42. The fourth-order valence-corrected chi connectivity index (χ4v) is 1.42. The first-order valence-electron chi connectivity index (χ1n) is 6.24. The molecule has 1 unspecified atom stereocenters. The van der Waals surface area contributed by atoms with Gasteiger partial charge in [-0.3, -0.25) is 0 Å². The minimum atomic E-state index is -0.579. The molecule has 100 valence electrons. The lowest BCUT2D eigenvalue weighted by Crippen LogP contribution is -2.31. The fraction of sp³-hybridized carbons (Fsp3) is 0.500. The number of hydrogen-bond acceptors (Lipinski definition) is 4. The van der Waals surface area contributed by atoms with E-state index in [1.807, 2.05) is 44.2 Å². The average molecular weight is 251 g/mol. The van der Waals surface area contributed by atoms with Gasteiger partial charge in [-0.2, -0.15) is 5.48 Å². The monoisotopic (exact) mass is 251 g/mol. The summed E-state index contributed by atoms with van der Waals surface area (Å²) in [4.78, 5) is 17.2. The van der Waals surface area contributed by atoms with Crippen molar-refractivity contribution in [3.05, 3.63) is 35.9 Å². The second-order valence-electron chi connectivity index (χ2n) is 4.42. The third-order valence-corrected chi connectivity index (χ3v) is 2.27. The Kier molecular flexibility index (Phi) is 6.39. The van der Waals surface area contributed by atoms with Crippen LogP contribution >= 0.6 is 0 Å². The number of carbonyl (C=O) groups excluding carboxylic acids is 1. The summed E-state index contributed by atoms with van der Waals surface area (Å²) in [6.45, 7) is 6.78. The van der Waals surface area contributed by atoms with Crippen molar-refractivity contribution in [1.82, 2.24) is 5.48 Å². The largest absolute Gasteiger partial charge is 0.465 e. The first kappa shape index (κ1) is 14.7. The van der Waals surface area contributed by atoms with Gasteiger partial charge in [-0.1, -0.05) is 44.2 Å². The van der Waals surface area contributed by atoms with Gasteiger partial charge in [-0.05, 0) is 18.4 Å². The number of ether oxygens (including phenoxy) is 1. The Balaban J connectivity index is 2.66. The Morgan fingerprint density at radius 1 is 1.28 bits per heavy atom. The summed E-state index contributed by atoms with van der Waals surface area (Å²) in [5, 5.41) is 0. The van der Waals surface area contributed by atoms with Crippen molar-refractivity contribution in [2.75, 3.05) is 13.2 Å². The SMILES string of the molecule is CCOC(=O)C(NOCC(C)C)c1ccccc1. The van der Waals surface area contributed by atoms with Crippen LogP contribution < -0.4 is 5.48 Å². The molecule has 0 saturated carbocycles. The lowest BCUT2D eigenvalue weighted by molar-refractivity contribution is -0.151. The third kappa shape index (κ3) is 4.85. The zero-order chi connectivity index (χ0) is 13.4. The topological polar surface area (TPSA) is 47.6 Å². The van der Waals surface area contributed by atoms with Crippen LogP contribution in [0.25, 0.3) is 0 Å². The molecule has 0 spiro atoms. The number of benzene rings is 1. The summed E-state index contributed by atoms with van der Waals surface area (Å²) in [6.07, 6.45) is 0.